The average molecular weight is 459 g/mol. The van der Waals surface area contributed by atoms with Crippen LogP contribution in [0.25, 0.3) is 11.1 Å². The van der Waals surface area contributed by atoms with Gasteiger partial charge in [0.05, 0.1) is 0 Å². The number of nitrogens with one attached hydrogen (secondary N) is 2. The highest BCUT2D eigenvalue weighted by Crippen LogP contribution is 2.25. The summed E-state index contributed by atoms with van der Waals surface area (Å²) in [6, 6.07) is 24.0. The highest BCUT2D eigenvalue weighted by molar-refractivity contribution is 5.91. The highest BCUT2D eigenvalue weighted by atomic mass is 16.6. The molecule has 0 bridgehead atoms. The zero-order valence-electron chi connectivity index (χ0n) is 20.5. The van der Waals surface area contributed by atoms with Gasteiger partial charge in [-0.05, 0) is 80.5 Å². The van der Waals surface area contributed by atoms with Crippen molar-refractivity contribution in [1.82, 2.24) is 5.32 Å². The molecule has 0 aliphatic rings. The first-order chi connectivity index (χ1) is 16.2. The largest absolute Gasteiger partial charge is 0.444 e. The second kappa shape index (κ2) is 11.5. The van der Waals surface area contributed by atoms with Crippen LogP contribution in [0.2, 0.25) is 0 Å². The van der Waals surface area contributed by atoms with Crippen molar-refractivity contribution >= 4 is 17.7 Å². The van der Waals surface area contributed by atoms with E-state index in [4.69, 9.17) is 4.74 Å². The Labute approximate surface area is 202 Å². The molecule has 0 aromatic heterocycles. The Morgan fingerprint density at radius 3 is 2.18 bits per heavy atom. The molecule has 0 fully saturated rings. The summed E-state index contributed by atoms with van der Waals surface area (Å²) in [5.74, 6) is 0.0169. The van der Waals surface area contributed by atoms with Gasteiger partial charge in [0.1, 0.15) is 5.60 Å². The van der Waals surface area contributed by atoms with E-state index in [0.717, 1.165) is 35.2 Å². The molecule has 2 amide bonds. The van der Waals surface area contributed by atoms with Crippen LogP contribution < -0.4 is 10.6 Å². The maximum absolute atomic E-state index is 12.4. The minimum Gasteiger partial charge on any atom is -0.444 e. The number of aryl methyl sites for hydroxylation is 2. The maximum atomic E-state index is 12.4. The van der Waals surface area contributed by atoms with Crippen molar-refractivity contribution in [3.63, 3.8) is 0 Å². The summed E-state index contributed by atoms with van der Waals surface area (Å²) in [6.45, 7) is 7.98. The SMILES string of the molecule is Cc1ccccc1CCCC(=O)Nc1ccc(-c2ccccc2CNC(=O)OC(C)(C)C)cc1. The monoisotopic (exact) mass is 458 g/mol. The van der Waals surface area contributed by atoms with Crippen LogP contribution in [-0.2, 0) is 22.5 Å². The number of hydrogen-bond acceptors (Lipinski definition) is 3. The van der Waals surface area contributed by atoms with Crippen LogP contribution in [0, 0.1) is 6.92 Å². The first-order valence-electron chi connectivity index (χ1n) is 11.7. The maximum Gasteiger partial charge on any atom is 0.407 e. The van der Waals surface area contributed by atoms with Crippen LogP contribution in [0.15, 0.2) is 72.8 Å². The molecule has 0 heterocycles. The van der Waals surface area contributed by atoms with Gasteiger partial charge in [0, 0.05) is 18.7 Å². The summed E-state index contributed by atoms with van der Waals surface area (Å²) in [4.78, 5) is 24.4. The van der Waals surface area contributed by atoms with Crippen molar-refractivity contribution in [2.24, 2.45) is 0 Å². The fourth-order valence-electron chi connectivity index (χ4n) is 3.72. The van der Waals surface area contributed by atoms with Gasteiger partial charge < -0.3 is 15.4 Å². The molecular formula is C29H34N2O3. The Kier molecular flexibility index (Phi) is 8.47. The van der Waals surface area contributed by atoms with E-state index in [0.29, 0.717) is 13.0 Å². The second-order valence-corrected chi connectivity index (χ2v) is 9.42. The topological polar surface area (TPSA) is 67.4 Å². The summed E-state index contributed by atoms with van der Waals surface area (Å²) < 4.78 is 5.33. The molecule has 5 heteroatoms. The first kappa shape index (κ1) is 25.0. The number of carbonyl (C=O) groups excluding carboxylic acids is 2. The van der Waals surface area contributed by atoms with Gasteiger partial charge in [0.25, 0.3) is 0 Å². The predicted molar refractivity (Wildman–Crippen MR) is 138 cm³/mol. The number of amides is 2. The Balaban J connectivity index is 1.55. The summed E-state index contributed by atoms with van der Waals surface area (Å²) >= 11 is 0. The third kappa shape index (κ3) is 7.77. The third-order valence-corrected chi connectivity index (χ3v) is 5.43. The van der Waals surface area contributed by atoms with Crippen molar-refractivity contribution in [2.75, 3.05) is 5.32 Å². The van der Waals surface area contributed by atoms with Crippen LogP contribution in [0.3, 0.4) is 0 Å². The summed E-state index contributed by atoms with van der Waals surface area (Å²) in [6.07, 6.45) is 1.75. The quantitative estimate of drug-likeness (QED) is 0.397. The van der Waals surface area contributed by atoms with Gasteiger partial charge in [0.2, 0.25) is 5.91 Å². The molecule has 0 saturated heterocycles. The number of anilines is 1. The van der Waals surface area contributed by atoms with E-state index < -0.39 is 11.7 Å². The van der Waals surface area contributed by atoms with Gasteiger partial charge in [0.15, 0.2) is 0 Å². The number of carbonyl (C=O) groups is 2. The van der Waals surface area contributed by atoms with Crippen molar-refractivity contribution in [1.29, 1.82) is 0 Å². The van der Waals surface area contributed by atoms with Gasteiger partial charge in [-0.25, -0.2) is 4.79 Å². The smallest absolute Gasteiger partial charge is 0.407 e. The van der Waals surface area contributed by atoms with E-state index in [2.05, 4.69) is 29.7 Å². The van der Waals surface area contributed by atoms with Gasteiger partial charge in [-0.3, -0.25) is 4.79 Å². The van der Waals surface area contributed by atoms with Gasteiger partial charge in [-0.2, -0.15) is 0 Å². The van der Waals surface area contributed by atoms with E-state index in [9.17, 15) is 9.59 Å². The molecule has 0 atom stereocenters. The van der Waals surface area contributed by atoms with E-state index >= 15 is 0 Å². The number of hydrogen-bond donors (Lipinski definition) is 2. The summed E-state index contributed by atoms with van der Waals surface area (Å²) in [5, 5.41) is 5.81. The van der Waals surface area contributed by atoms with Gasteiger partial charge >= 0.3 is 6.09 Å². The standard InChI is InChI=1S/C29H34N2O3/c1-21-10-5-6-11-22(21)13-9-15-27(32)31-25-18-16-23(17-19-25)26-14-8-7-12-24(26)20-30-28(33)34-29(2,3)4/h5-8,10-12,14,16-19H,9,13,15,20H2,1-4H3,(H,30,33)(H,31,32). The van der Waals surface area contributed by atoms with E-state index in [-0.39, 0.29) is 5.91 Å². The Morgan fingerprint density at radius 1 is 0.853 bits per heavy atom. The fourth-order valence-corrected chi connectivity index (χ4v) is 3.72. The molecule has 0 aliphatic heterocycles. The highest BCUT2D eigenvalue weighted by Gasteiger charge is 2.16. The molecule has 34 heavy (non-hydrogen) atoms. The molecule has 3 aromatic carbocycles. The second-order valence-electron chi connectivity index (χ2n) is 9.42. The minimum atomic E-state index is -0.537. The number of alkyl carbamates (subject to hydrolysis) is 1. The predicted octanol–water partition coefficient (Wildman–Crippen LogP) is 6.65. The Bertz CT molecular complexity index is 1110. The van der Waals surface area contributed by atoms with Crippen molar-refractivity contribution in [3.05, 3.63) is 89.5 Å². The summed E-state index contributed by atoms with van der Waals surface area (Å²) in [7, 11) is 0. The van der Waals surface area contributed by atoms with Crippen molar-refractivity contribution in [2.45, 2.75) is 59.1 Å². The lowest BCUT2D eigenvalue weighted by molar-refractivity contribution is -0.116. The molecule has 0 aliphatic carbocycles. The van der Waals surface area contributed by atoms with Crippen LogP contribution in [0.5, 0.6) is 0 Å². The van der Waals surface area contributed by atoms with E-state index in [1.165, 1.54) is 11.1 Å². The van der Waals surface area contributed by atoms with E-state index in [1.54, 1.807) is 0 Å². The molecule has 0 spiro atoms. The van der Waals surface area contributed by atoms with E-state index in [1.807, 2.05) is 81.4 Å². The Hall–Kier alpha value is -3.60. The zero-order chi connectivity index (χ0) is 24.6. The van der Waals surface area contributed by atoms with Crippen LogP contribution in [-0.4, -0.2) is 17.6 Å². The molecular weight excluding hydrogens is 424 g/mol. The van der Waals surface area contributed by atoms with Crippen LogP contribution in [0.1, 0.15) is 50.3 Å². The molecule has 0 unspecified atom stereocenters. The van der Waals surface area contributed by atoms with Crippen molar-refractivity contribution < 1.29 is 14.3 Å². The molecule has 3 rings (SSSR count). The minimum absolute atomic E-state index is 0.0169. The van der Waals surface area contributed by atoms with Gasteiger partial charge in [-0.15, -0.1) is 0 Å². The van der Waals surface area contributed by atoms with Crippen LogP contribution >= 0.6 is 0 Å². The molecule has 2 N–H and O–H groups in total. The summed E-state index contributed by atoms with van der Waals surface area (Å²) in [5.41, 5.74) is 5.81. The lowest BCUT2D eigenvalue weighted by Gasteiger charge is -2.20. The first-order valence-corrected chi connectivity index (χ1v) is 11.7. The number of ether oxygens (including phenoxy) is 1. The zero-order valence-corrected chi connectivity index (χ0v) is 20.5. The third-order valence-electron chi connectivity index (χ3n) is 5.43. The molecule has 178 valence electrons. The van der Waals surface area contributed by atoms with Crippen molar-refractivity contribution in [3.8, 4) is 11.1 Å². The normalized spacial score (nSPS) is 11.1. The van der Waals surface area contributed by atoms with Crippen LogP contribution in [0.4, 0.5) is 10.5 Å². The molecule has 0 radical (unpaired) electrons. The Morgan fingerprint density at radius 2 is 1.50 bits per heavy atom. The number of benzene rings is 3. The lowest BCUT2D eigenvalue weighted by atomic mass is 9.99. The fraction of sp³-hybridized carbons (Fsp3) is 0.310. The molecule has 0 saturated carbocycles. The number of rotatable bonds is 8. The molecule has 5 nitrogen and oxygen atoms in total. The van der Waals surface area contributed by atoms with Gasteiger partial charge in [-0.1, -0.05) is 60.7 Å². The average Bonchev–Trinajstić information content (AvgIpc) is 2.79. The lowest BCUT2D eigenvalue weighted by Crippen LogP contribution is -2.32. The molecule has 3 aromatic rings.